The first-order chi connectivity index (χ1) is 6.81. The first-order valence-electron chi connectivity index (χ1n) is 4.13. The summed E-state index contributed by atoms with van der Waals surface area (Å²) >= 11 is 5.14. The minimum Gasteiger partial charge on any atom is -0.390 e. The Morgan fingerprint density at radius 3 is 3.07 bits per heavy atom. The molecular weight excluding hydrogens is 264 g/mol. The van der Waals surface area contributed by atoms with Crippen molar-refractivity contribution in [1.29, 1.82) is 0 Å². The highest BCUT2D eigenvalue weighted by Gasteiger charge is 2.05. The van der Waals surface area contributed by atoms with E-state index in [1.54, 1.807) is 23.9 Å². The van der Waals surface area contributed by atoms with Gasteiger partial charge >= 0.3 is 0 Å². The molecule has 2 aromatic rings. The zero-order chi connectivity index (χ0) is 9.97. The number of rotatable bonds is 3. The van der Waals surface area contributed by atoms with Gasteiger partial charge in [0.05, 0.1) is 35.2 Å². The Balaban J connectivity index is 2.22. The highest BCUT2D eigenvalue weighted by atomic mass is 79.9. The van der Waals surface area contributed by atoms with Gasteiger partial charge in [0, 0.05) is 0 Å². The lowest BCUT2D eigenvalue weighted by Gasteiger charge is -2.04. The average molecular weight is 273 g/mol. The lowest BCUT2D eigenvalue weighted by molar-refractivity contribution is 0.271. The number of aromatic nitrogens is 2. The van der Waals surface area contributed by atoms with Crippen LogP contribution in [0.15, 0.2) is 27.8 Å². The second-order valence-electron chi connectivity index (χ2n) is 2.89. The summed E-state index contributed by atoms with van der Waals surface area (Å²) in [5.41, 5.74) is 2.05. The predicted octanol–water partition coefficient (Wildman–Crippen LogP) is 2.25. The third-order valence-electron chi connectivity index (χ3n) is 1.99. The van der Waals surface area contributed by atoms with E-state index < -0.39 is 0 Å². The van der Waals surface area contributed by atoms with Crippen LogP contribution in [-0.2, 0) is 13.2 Å². The van der Waals surface area contributed by atoms with Crippen LogP contribution >= 0.6 is 27.3 Å². The van der Waals surface area contributed by atoms with Gasteiger partial charge in [-0.05, 0) is 32.9 Å². The smallest absolute Gasteiger partial charge is 0.0952 e. The van der Waals surface area contributed by atoms with Crippen LogP contribution in [0, 0.1) is 0 Å². The van der Waals surface area contributed by atoms with Crippen molar-refractivity contribution >= 4 is 27.3 Å². The molecule has 14 heavy (non-hydrogen) atoms. The first-order valence-corrected chi connectivity index (χ1v) is 5.80. The first kappa shape index (κ1) is 9.89. The van der Waals surface area contributed by atoms with Gasteiger partial charge in [-0.3, -0.25) is 0 Å². The van der Waals surface area contributed by atoms with E-state index in [4.69, 9.17) is 5.11 Å². The number of thiophene rings is 1. The third-order valence-corrected chi connectivity index (χ3v) is 3.81. The molecule has 0 saturated heterocycles. The van der Waals surface area contributed by atoms with Crippen LogP contribution in [0.4, 0.5) is 0 Å². The summed E-state index contributed by atoms with van der Waals surface area (Å²) in [6.45, 7) is 0.779. The number of hydrogen-bond donors (Lipinski definition) is 1. The Hall–Kier alpha value is -0.650. The van der Waals surface area contributed by atoms with Gasteiger partial charge in [0.15, 0.2) is 0 Å². The molecule has 2 aromatic heterocycles. The standard InChI is InChI=1S/C9H9BrN2OS/c10-9-7(1-2-14-9)4-12-6-11-3-8(12)5-13/h1-3,6,13H,4-5H2. The van der Waals surface area contributed by atoms with Gasteiger partial charge in [0.25, 0.3) is 0 Å². The van der Waals surface area contributed by atoms with Crippen molar-refractivity contribution in [2.75, 3.05) is 0 Å². The molecule has 0 amide bonds. The third kappa shape index (κ3) is 1.89. The highest BCUT2D eigenvalue weighted by molar-refractivity contribution is 9.11. The van der Waals surface area contributed by atoms with Crippen molar-refractivity contribution in [1.82, 2.24) is 9.55 Å². The average Bonchev–Trinajstić information content (AvgIpc) is 2.77. The molecule has 0 saturated carbocycles. The molecule has 0 spiro atoms. The van der Waals surface area contributed by atoms with Crippen LogP contribution in [0.3, 0.4) is 0 Å². The second-order valence-corrected chi connectivity index (χ2v) is 5.12. The lowest BCUT2D eigenvalue weighted by Crippen LogP contribution is -2.02. The maximum Gasteiger partial charge on any atom is 0.0952 e. The molecule has 2 heterocycles. The summed E-state index contributed by atoms with van der Waals surface area (Å²) in [5.74, 6) is 0. The minimum absolute atomic E-state index is 0.0295. The van der Waals surface area contributed by atoms with Gasteiger partial charge in [-0.25, -0.2) is 4.98 Å². The summed E-state index contributed by atoms with van der Waals surface area (Å²) in [6, 6.07) is 2.07. The Kier molecular flexibility index (Phi) is 3.00. The molecule has 74 valence electrons. The molecule has 0 aliphatic rings. The van der Waals surface area contributed by atoms with Gasteiger partial charge in [-0.1, -0.05) is 0 Å². The molecule has 0 atom stereocenters. The quantitative estimate of drug-likeness (QED) is 0.931. The normalized spacial score (nSPS) is 10.7. The van der Waals surface area contributed by atoms with E-state index >= 15 is 0 Å². The lowest BCUT2D eigenvalue weighted by atomic mass is 10.3. The monoisotopic (exact) mass is 272 g/mol. The van der Waals surface area contributed by atoms with Crippen molar-refractivity contribution in [2.24, 2.45) is 0 Å². The zero-order valence-corrected chi connectivity index (χ0v) is 9.75. The fraction of sp³-hybridized carbons (Fsp3) is 0.222. The topological polar surface area (TPSA) is 38.1 Å². The molecule has 0 fully saturated rings. The largest absolute Gasteiger partial charge is 0.390 e. The predicted molar refractivity (Wildman–Crippen MR) is 59.3 cm³/mol. The molecule has 0 bridgehead atoms. The van der Waals surface area contributed by atoms with Gasteiger partial charge < -0.3 is 9.67 Å². The van der Waals surface area contributed by atoms with E-state index in [9.17, 15) is 0 Å². The summed E-state index contributed by atoms with van der Waals surface area (Å²) in [6.07, 6.45) is 3.41. The number of nitrogens with zero attached hydrogens (tertiary/aromatic N) is 2. The van der Waals surface area contributed by atoms with Crippen molar-refractivity contribution in [2.45, 2.75) is 13.2 Å². The number of halogens is 1. The highest BCUT2D eigenvalue weighted by Crippen LogP contribution is 2.24. The number of imidazole rings is 1. The van der Waals surface area contributed by atoms with E-state index in [2.05, 4.69) is 27.0 Å². The zero-order valence-electron chi connectivity index (χ0n) is 7.35. The van der Waals surface area contributed by atoms with E-state index in [-0.39, 0.29) is 6.61 Å². The molecule has 3 nitrogen and oxygen atoms in total. The summed E-state index contributed by atoms with van der Waals surface area (Å²) in [5, 5.41) is 11.1. The van der Waals surface area contributed by atoms with Crippen LogP contribution in [0.1, 0.15) is 11.3 Å². The van der Waals surface area contributed by atoms with Crippen LogP contribution < -0.4 is 0 Å². The Bertz CT molecular complexity index is 424. The van der Waals surface area contributed by atoms with E-state index in [0.717, 1.165) is 16.0 Å². The summed E-state index contributed by atoms with van der Waals surface area (Å²) in [7, 11) is 0. The van der Waals surface area contributed by atoms with Gasteiger partial charge in [0.2, 0.25) is 0 Å². The van der Waals surface area contributed by atoms with Gasteiger partial charge in [-0.2, -0.15) is 0 Å². The molecule has 0 aromatic carbocycles. The van der Waals surface area contributed by atoms with Gasteiger partial charge in [0.1, 0.15) is 0 Å². The molecule has 5 heteroatoms. The summed E-state index contributed by atoms with van der Waals surface area (Å²) in [4.78, 5) is 3.99. The number of aliphatic hydroxyl groups is 1. The Morgan fingerprint density at radius 1 is 1.57 bits per heavy atom. The maximum absolute atomic E-state index is 9.04. The van der Waals surface area contributed by atoms with Crippen molar-refractivity contribution in [3.05, 3.63) is 39.0 Å². The molecular formula is C9H9BrN2OS. The second kappa shape index (κ2) is 4.25. The van der Waals surface area contributed by atoms with E-state index in [1.807, 2.05) is 9.95 Å². The van der Waals surface area contributed by atoms with Crippen molar-refractivity contribution in [3.8, 4) is 0 Å². The van der Waals surface area contributed by atoms with Crippen LogP contribution in [-0.4, -0.2) is 14.7 Å². The van der Waals surface area contributed by atoms with E-state index in [0.29, 0.717) is 0 Å². The molecule has 0 aliphatic heterocycles. The number of hydrogen-bond acceptors (Lipinski definition) is 3. The summed E-state index contributed by atoms with van der Waals surface area (Å²) < 4.78 is 3.07. The van der Waals surface area contributed by atoms with Crippen molar-refractivity contribution < 1.29 is 5.11 Å². The molecule has 2 rings (SSSR count). The molecule has 0 unspecified atom stereocenters. The fourth-order valence-electron chi connectivity index (χ4n) is 1.24. The number of aliphatic hydroxyl groups excluding tert-OH is 1. The van der Waals surface area contributed by atoms with E-state index in [1.165, 1.54) is 5.56 Å². The van der Waals surface area contributed by atoms with Crippen LogP contribution in [0.25, 0.3) is 0 Å². The Morgan fingerprint density at radius 2 is 2.43 bits per heavy atom. The minimum atomic E-state index is 0.0295. The molecule has 0 aliphatic carbocycles. The molecule has 1 N–H and O–H groups in total. The van der Waals surface area contributed by atoms with Crippen LogP contribution in [0.2, 0.25) is 0 Å². The van der Waals surface area contributed by atoms with Crippen molar-refractivity contribution in [3.63, 3.8) is 0 Å². The van der Waals surface area contributed by atoms with Crippen LogP contribution in [0.5, 0.6) is 0 Å². The SMILES string of the molecule is OCc1cncn1Cc1ccsc1Br. The van der Waals surface area contributed by atoms with Gasteiger partial charge in [-0.15, -0.1) is 11.3 Å². The fourth-order valence-corrected chi connectivity index (χ4v) is 2.45. The Labute approximate surface area is 94.2 Å². The maximum atomic E-state index is 9.04. The molecule has 0 radical (unpaired) electrons.